The van der Waals surface area contributed by atoms with Gasteiger partial charge in [-0.1, -0.05) is 74.5 Å². The summed E-state index contributed by atoms with van der Waals surface area (Å²) in [5.41, 5.74) is 14.9. The molecular formula is C33H31NO4. The maximum absolute atomic E-state index is 11.3. The van der Waals surface area contributed by atoms with Crippen molar-refractivity contribution in [3.05, 3.63) is 113 Å². The van der Waals surface area contributed by atoms with Crippen LogP contribution in [0.15, 0.2) is 95.6 Å². The number of rotatable bonds is 9. The highest BCUT2D eigenvalue weighted by molar-refractivity contribution is 5.99. The van der Waals surface area contributed by atoms with Crippen LogP contribution in [0.4, 0.5) is 0 Å². The molecule has 5 heteroatoms. The lowest BCUT2D eigenvalue weighted by atomic mass is 9.89. The van der Waals surface area contributed by atoms with Gasteiger partial charge in [-0.15, -0.1) is 0 Å². The fourth-order valence-electron chi connectivity index (χ4n) is 4.90. The van der Waals surface area contributed by atoms with Crippen LogP contribution in [0, 0.1) is 0 Å². The summed E-state index contributed by atoms with van der Waals surface area (Å²) in [5, 5.41) is 10.2. The zero-order valence-electron chi connectivity index (χ0n) is 21.6. The maximum Gasteiger partial charge on any atom is 0.307 e. The van der Waals surface area contributed by atoms with E-state index in [1.165, 1.54) is 5.56 Å². The van der Waals surface area contributed by atoms with Gasteiger partial charge in [0.15, 0.2) is 0 Å². The Morgan fingerprint density at radius 1 is 0.895 bits per heavy atom. The van der Waals surface area contributed by atoms with Gasteiger partial charge in [-0.05, 0) is 58.0 Å². The van der Waals surface area contributed by atoms with Crippen molar-refractivity contribution in [3.63, 3.8) is 0 Å². The van der Waals surface area contributed by atoms with Crippen molar-refractivity contribution in [2.24, 2.45) is 5.73 Å². The smallest absolute Gasteiger partial charge is 0.307 e. The van der Waals surface area contributed by atoms with E-state index in [0.717, 1.165) is 44.3 Å². The lowest BCUT2D eigenvalue weighted by molar-refractivity contribution is -0.136. The molecule has 5 aromatic rings. The Kier molecular flexibility index (Phi) is 7.29. The van der Waals surface area contributed by atoms with E-state index in [-0.39, 0.29) is 13.0 Å². The minimum absolute atomic E-state index is 0.0971. The van der Waals surface area contributed by atoms with Gasteiger partial charge < -0.3 is 20.0 Å². The van der Waals surface area contributed by atoms with Gasteiger partial charge in [0.05, 0.1) is 12.7 Å². The molecule has 0 unspecified atom stereocenters. The zero-order chi connectivity index (χ0) is 26.6. The number of aliphatic carboxylic acids is 1. The second-order valence-corrected chi connectivity index (χ2v) is 9.77. The monoisotopic (exact) mass is 505 g/mol. The summed E-state index contributed by atoms with van der Waals surface area (Å²) in [7, 11) is 0. The Morgan fingerprint density at radius 2 is 1.68 bits per heavy atom. The van der Waals surface area contributed by atoms with Gasteiger partial charge >= 0.3 is 5.97 Å². The van der Waals surface area contributed by atoms with Crippen LogP contribution in [0.2, 0.25) is 0 Å². The van der Waals surface area contributed by atoms with Crippen molar-refractivity contribution in [3.8, 4) is 28.0 Å². The predicted octanol–water partition coefficient (Wildman–Crippen LogP) is 7.56. The van der Waals surface area contributed by atoms with E-state index >= 15 is 0 Å². The fraction of sp³-hybridized carbons (Fsp3) is 0.182. The molecule has 0 aliphatic heterocycles. The van der Waals surface area contributed by atoms with Crippen molar-refractivity contribution in [2.75, 3.05) is 0 Å². The van der Waals surface area contributed by atoms with Crippen molar-refractivity contribution in [1.29, 1.82) is 0 Å². The van der Waals surface area contributed by atoms with E-state index in [9.17, 15) is 9.90 Å². The molecule has 0 fully saturated rings. The molecule has 5 rings (SSSR count). The van der Waals surface area contributed by atoms with Gasteiger partial charge in [0.2, 0.25) is 0 Å². The normalized spacial score (nSPS) is 11.3. The summed E-state index contributed by atoms with van der Waals surface area (Å²) in [5.74, 6) is 0.00280. The van der Waals surface area contributed by atoms with Crippen molar-refractivity contribution in [1.82, 2.24) is 0 Å². The van der Waals surface area contributed by atoms with Gasteiger partial charge in [-0.2, -0.15) is 0 Å². The Bertz CT molecular complexity index is 1600. The first kappa shape index (κ1) is 25.3. The fourth-order valence-corrected chi connectivity index (χ4v) is 4.90. The van der Waals surface area contributed by atoms with E-state index in [1.807, 2.05) is 24.3 Å². The first-order chi connectivity index (χ1) is 18.4. The number of ether oxygens (including phenoxy) is 1. The van der Waals surface area contributed by atoms with Crippen molar-refractivity contribution >= 4 is 16.9 Å². The molecule has 5 nitrogen and oxygen atoms in total. The SMILES string of the molecule is CC(C)c1ccccc1-c1cc(-c2cccc(CN)c2)cc2c(COc3ccccc3CC(=O)O)coc12. The number of hydrogen-bond acceptors (Lipinski definition) is 4. The Labute approximate surface area is 222 Å². The predicted molar refractivity (Wildman–Crippen MR) is 151 cm³/mol. The number of carboxylic acids is 1. The molecule has 0 aliphatic rings. The van der Waals surface area contributed by atoms with Crippen LogP contribution in [0.5, 0.6) is 5.75 Å². The van der Waals surface area contributed by atoms with Gasteiger partial charge in [0.25, 0.3) is 0 Å². The number of furan rings is 1. The molecule has 0 amide bonds. The molecule has 0 atom stereocenters. The molecule has 1 heterocycles. The van der Waals surface area contributed by atoms with Crippen LogP contribution in [0.1, 0.15) is 42.0 Å². The number of carboxylic acid groups (broad SMARTS) is 1. The third kappa shape index (κ3) is 5.20. The number of hydrogen-bond donors (Lipinski definition) is 2. The Morgan fingerprint density at radius 3 is 2.47 bits per heavy atom. The third-order valence-electron chi connectivity index (χ3n) is 6.82. The molecule has 0 spiro atoms. The Hall–Kier alpha value is -4.35. The molecule has 0 bridgehead atoms. The van der Waals surface area contributed by atoms with E-state index in [4.69, 9.17) is 14.9 Å². The summed E-state index contributed by atoms with van der Waals surface area (Å²) in [6, 6.07) is 28.3. The number of carbonyl (C=O) groups is 1. The highest BCUT2D eigenvalue weighted by Gasteiger charge is 2.18. The molecule has 192 valence electrons. The number of para-hydroxylation sites is 1. The summed E-state index contributed by atoms with van der Waals surface area (Å²) in [4.78, 5) is 11.3. The van der Waals surface area contributed by atoms with Gasteiger partial charge in [0, 0.05) is 28.6 Å². The first-order valence-corrected chi connectivity index (χ1v) is 12.8. The highest BCUT2D eigenvalue weighted by Crippen LogP contribution is 2.40. The zero-order valence-corrected chi connectivity index (χ0v) is 21.6. The van der Waals surface area contributed by atoms with Crippen LogP contribution in [0.25, 0.3) is 33.2 Å². The molecule has 0 radical (unpaired) electrons. The standard InChI is InChI=1S/C33H31NO4/c1-21(2)27-11-4-5-12-28(27)30-16-25(23-10-7-8-22(14-23)18-34)15-29-26(20-38-33(29)30)19-37-31-13-6-3-9-24(31)17-32(35)36/h3-16,20-21H,17-19,34H2,1-2H3,(H,35,36). The average Bonchev–Trinajstić information content (AvgIpc) is 3.34. The van der Waals surface area contributed by atoms with Crippen LogP contribution >= 0.6 is 0 Å². The van der Waals surface area contributed by atoms with Gasteiger partial charge in [0.1, 0.15) is 17.9 Å². The molecule has 0 aliphatic carbocycles. The van der Waals surface area contributed by atoms with Crippen molar-refractivity contribution < 1.29 is 19.1 Å². The van der Waals surface area contributed by atoms with Crippen LogP contribution < -0.4 is 10.5 Å². The second kappa shape index (κ2) is 11.0. The van der Waals surface area contributed by atoms with Crippen LogP contribution in [0.3, 0.4) is 0 Å². The number of nitrogens with two attached hydrogens (primary N) is 1. The van der Waals surface area contributed by atoms with Crippen LogP contribution in [-0.2, 0) is 24.4 Å². The summed E-state index contributed by atoms with van der Waals surface area (Å²) < 4.78 is 12.3. The minimum Gasteiger partial charge on any atom is -0.488 e. The molecule has 0 saturated heterocycles. The summed E-state index contributed by atoms with van der Waals surface area (Å²) >= 11 is 0. The van der Waals surface area contributed by atoms with Crippen molar-refractivity contribution in [2.45, 2.75) is 39.3 Å². The second-order valence-electron chi connectivity index (χ2n) is 9.77. The number of fused-ring (bicyclic) bond motifs is 1. The lowest BCUT2D eigenvalue weighted by Gasteiger charge is -2.15. The molecule has 1 aromatic heterocycles. The molecule has 38 heavy (non-hydrogen) atoms. The third-order valence-corrected chi connectivity index (χ3v) is 6.82. The highest BCUT2D eigenvalue weighted by atomic mass is 16.5. The molecule has 0 saturated carbocycles. The van der Waals surface area contributed by atoms with E-state index in [2.05, 4.69) is 62.4 Å². The largest absolute Gasteiger partial charge is 0.488 e. The molecule has 3 N–H and O–H groups in total. The van der Waals surface area contributed by atoms with E-state index in [0.29, 0.717) is 23.8 Å². The quantitative estimate of drug-likeness (QED) is 0.216. The molecular weight excluding hydrogens is 474 g/mol. The van der Waals surface area contributed by atoms with Gasteiger partial charge in [-0.25, -0.2) is 0 Å². The first-order valence-electron chi connectivity index (χ1n) is 12.8. The number of benzene rings is 4. The van der Waals surface area contributed by atoms with E-state index in [1.54, 1.807) is 18.4 Å². The average molecular weight is 506 g/mol. The summed E-state index contributed by atoms with van der Waals surface area (Å²) in [6.45, 7) is 5.11. The topological polar surface area (TPSA) is 85.7 Å². The summed E-state index contributed by atoms with van der Waals surface area (Å²) in [6.07, 6.45) is 1.64. The van der Waals surface area contributed by atoms with Crippen LogP contribution in [-0.4, -0.2) is 11.1 Å². The Balaban J connectivity index is 1.63. The van der Waals surface area contributed by atoms with Gasteiger partial charge in [-0.3, -0.25) is 4.79 Å². The lowest BCUT2D eigenvalue weighted by Crippen LogP contribution is -2.04. The molecule has 4 aromatic carbocycles. The minimum atomic E-state index is -0.896. The van der Waals surface area contributed by atoms with E-state index < -0.39 is 5.97 Å². The maximum atomic E-state index is 11.3.